The molecule has 0 aliphatic carbocycles. The number of nitrogen functional groups attached to an aromatic ring is 1. The molecule has 0 aliphatic heterocycles. The summed E-state index contributed by atoms with van der Waals surface area (Å²) in [5, 5.41) is 0. The summed E-state index contributed by atoms with van der Waals surface area (Å²) in [6.07, 6.45) is 0. The highest BCUT2D eigenvalue weighted by Gasteiger charge is 2.12. The molecule has 0 saturated heterocycles. The van der Waals surface area contributed by atoms with Gasteiger partial charge in [-0.2, -0.15) is 0 Å². The lowest BCUT2D eigenvalue weighted by Gasteiger charge is -2.09. The number of esters is 1. The Kier molecular flexibility index (Phi) is 4.77. The van der Waals surface area contributed by atoms with Crippen molar-refractivity contribution in [1.82, 2.24) is 0 Å². The second-order valence-corrected chi connectivity index (χ2v) is 4.47. The van der Waals surface area contributed by atoms with E-state index in [1.807, 2.05) is 18.2 Å². The minimum Gasteiger partial charge on any atom is -0.490 e. The summed E-state index contributed by atoms with van der Waals surface area (Å²) < 4.78 is 23.9. The molecule has 2 N–H and O–H groups in total. The fourth-order valence-corrected chi connectivity index (χ4v) is 1.71. The third-order valence-electron chi connectivity index (χ3n) is 2.95. The maximum atomic E-state index is 13.5. The number of carbonyl (C=O) groups is 1. The SMILES string of the molecule is Cc1c(N)cc(C(=O)OCCOc2ccccc2)cc1F. The Bertz CT molecular complexity index is 606. The van der Waals surface area contributed by atoms with Gasteiger partial charge in [-0.3, -0.25) is 0 Å². The lowest BCUT2D eigenvalue weighted by atomic mass is 10.1. The van der Waals surface area contributed by atoms with Gasteiger partial charge >= 0.3 is 5.97 Å². The Morgan fingerprint density at radius 3 is 2.57 bits per heavy atom. The van der Waals surface area contributed by atoms with Gasteiger partial charge in [0.05, 0.1) is 5.56 Å². The third kappa shape index (κ3) is 3.95. The van der Waals surface area contributed by atoms with Crippen LogP contribution in [-0.4, -0.2) is 19.2 Å². The second-order valence-electron chi connectivity index (χ2n) is 4.47. The Hall–Kier alpha value is -2.56. The van der Waals surface area contributed by atoms with E-state index in [0.717, 1.165) is 6.07 Å². The first-order chi connectivity index (χ1) is 10.1. The Balaban J connectivity index is 1.85. The van der Waals surface area contributed by atoms with Crippen molar-refractivity contribution < 1.29 is 18.7 Å². The summed E-state index contributed by atoms with van der Waals surface area (Å²) >= 11 is 0. The van der Waals surface area contributed by atoms with E-state index in [1.54, 1.807) is 19.1 Å². The molecule has 0 bridgehead atoms. The first kappa shape index (κ1) is 14.8. The molecule has 0 fully saturated rings. The van der Waals surface area contributed by atoms with Gasteiger partial charge in [-0.15, -0.1) is 0 Å². The van der Waals surface area contributed by atoms with Crippen LogP contribution in [0.4, 0.5) is 10.1 Å². The molecule has 110 valence electrons. The third-order valence-corrected chi connectivity index (χ3v) is 2.95. The monoisotopic (exact) mass is 289 g/mol. The molecule has 0 radical (unpaired) electrons. The topological polar surface area (TPSA) is 61.6 Å². The molecule has 0 atom stereocenters. The standard InChI is InChI=1S/C16H16FNO3/c1-11-14(17)9-12(10-15(11)18)16(19)21-8-7-20-13-5-3-2-4-6-13/h2-6,9-10H,7-8,18H2,1H3. The maximum Gasteiger partial charge on any atom is 0.338 e. The van der Waals surface area contributed by atoms with Gasteiger partial charge < -0.3 is 15.2 Å². The minimum absolute atomic E-state index is 0.0725. The van der Waals surface area contributed by atoms with Gasteiger partial charge in [0.15, 0.2) is 0 Å². The van der Waals surface area contributed by atoms with Crippen molar-refractivity contribution >= 4 is 11.7 Å². The van der Waals surface area contributed by atoms with Crippen LogP contribution in [0.25, 0.3) is 0 Å². The summed E-state index contributed by atoms with van der Waals surface area (Å²) in [7, 11) is 0. The van der Waals surface area contributed by atoms with Gasteiger partial charge in [0.1, 0.15) is 24.8 Å². The average molecular weight is 289 g/mol. The molecule has 4 nitrogen and oxygen atoms in total. The predicted octanol–water partition coefficient (Wildman–Crippen LogP) is 2.95. The lowest BCUT2D eigenvalue weighted by molar-refractivity contribution is 0.0450. The predicted molar refractivity (Wildman–Crippen MR) is 77.8 cm³/mol. The minimum atomic E-state index is -0.628. The van der Waals surface area contributed by atoms with Crippen molar-refractivity contribution in [1.29, 1.82) is 0 Å². The number of nitrogens with two attached hydrogens (primary N) is 1. The van der Waals surface area contributed by atoms with Gasteiger partial charge in [-0.1, -0.05) is 18.2 Å². The van der Waals surface area contributed by atoms with Crippen LogP contribution in [0.2, 0.25) is 0 Å². The van der Waals surface area contributed by atoms with Crippen LogP contribution in [0, 0.1) is 12.7 Å². The summed E-state index contributed by atoms with van der Waals surface area (Å²) in [5.41, 5.74) is 6.25. The van der Waals surface area contributed by atoms with Crippen LogP contribution in [0.5, 0.6) is 5.75 Å². The highest BCUT2D eigenvalue weighted by atomic mass is 19.1. The van der Waals surface area contributed by atoms with Crippen molar-refractivity contribution in [3.8, 4) is 5.75 Å². The van der Waals surface area contributed by atoms with E-state index >= 15 is 0 Å². The highest BCUT2D eigenvalue weighted by molar-refractivity contribution is 5.90. The van der Waals surface area contributed by atoms with Gasteiger partial charge in [-0.25, -0.2) is 9.18 Å². The van der Waals surface area contributed by atoms with Gasteiger partial charge in [0, 0.05) is 11.3 Å². The smallest absolute Gasteiger partial charge is 0.338 e. The van der Waals surface area contributed by atoms with Crippen LogP contribution in [0.3, 0.4) is 0 Å². The fraction of sp³-hybridized carbons (Fsp3) is 0.188. The van der Waals surface area contributed by atoms with Crippen LogP contribution >= 0.6 is 0 Å². The Morgan fingerprint density at radius 2 is 1.90 bits per heavy atom. The zero-order valence-electron chi connectivity index (χ0n) is 11.6. The Morgan fingerprint density at radius 1 is 1.19 bits per heavy atom. The molecule has 2 rings (SSSR count). The molecule has 0 spiro atoms. The molecule has 2 aromatic rings. The van der Waals surface area contributed by atoms with E-state index in [-0.39, 0.29) is 24.5 Å². The molecule has 0 aliphatic rings. The molecule has 0 amide bonds. The van der Waals surface area contributed by atoms with Crippen LogP contribution < -0.4 is 10.5 Å². The summed E-state index contributed by atoms with van der Waals surface area (Å²) in [6, 6.07) is 11.7. The van der Waals surface area contributed by atoms with Crippen LogP contribution in [-0.2, 0) is 4.74 Å². The maximum absolute atomic E-state index is 13.5. The normalized spacial score (nSPS) is 10.2. The number of anilines is 1. The summed E-state index contributed by atoms with van der Waals surface area (Å²) in [5.74, 6) is -0.459. The Labute approximate surface area is 122 Å². The highest BCUT2D eigenvalue weighted by Crippen LogP contribution is 2.18. The number of halogens is 1. The number of para-hydroxylation sites is 1. The van der Waals surface area contributed by atoms with E-state index in [1.165, 1.54) is 6.07 Å². The van der Waals surface area contributed by atoms with Crippen molar-refractivity contribution in [3.63, 3.8) is 0 Å². The largest absolute Gasteiger partial charge is 0.490 e. The number of ether oxygens (including phenoxy) is 2. The van der Waals surface area contributed by atoms with Gasteiger partial charge in [0.25, 0.3) is 0 Å². The van der Waals surface area contributed by atoms with Crippen LogP contribution in [0.15, 0.2) is 42.5 Å². The number of hydrogen-bond acceptors (Lipinski definition) is 4. The summed E-state index contributed by atoms with van der Waals surface area (Å²) in [4.78, 5) is 11.8. The van der Waals surface area contributed by atoms with E-state index in [2.05, 4.69) is 0 Å². The fourth-order valence-electron chi connectivity index (χ4n) is 1.71. The second kappa shape index (κ2) is 6.74. The molecule has 2 aromatic carbocycles. The first-order valence-electron chi connectivity index (χ1n) is 6.48. The van der Waals surface area contributed by atoms with Crippen molar-refractivity contribution in [2.45, 2.75) is 6.92 Å². The average Bonchev–Trinajstić information content (AvgIpc) is 2.49. The van der Waals surface area contributed by atoms with Crippen molar-refractivity contribution in [3.05, 3.63) is 59.4 Å². The van der Waals surface area contributed by atoms with E-state index in [0.29, 0.717) is 11.3 Å². The molecule has 0 aromatic heterocycles. The summed E-state index contributed by atoms with van der Waals surface area (Å²) in [6.45, 7) is 1.84. The van der Waals surface area contributed by atoms with E-state index in [4.69, 9.17) is 15.2 Å². The first-order valence-corrected chi connectivity index (χ1v) is 6.48. The molecular formula is C16H16FNO3. The van der Waals surface area contributed by atoms with E-state index < -0.39 is 11.8 Å². The van der Waals surface area contributed by atoms with Crippen LogP contribution in [0.1, 0.15) is 15.9 Å². The van der Waals surface area contributed by atoms with Crippen molar-refractivity contribution in [2.24, 2.45) is 0 Å². The molecular weight excluding hydrogens is 273 g/mol. The lowest BCUT2D eigenvalue weighted by Crippen LogP contribution is -2.13. The number of hydrogen-bond donors (Lipinski definition) is 1. The zero-order chi connectivity index (χ0) is 15.2. The quantitative estimate of drug-likeness (QED) is 0.522. The molecule has 0 saturated carbocycles. The van der Waals surface area contributed by atoms with Gasteiger partial charge in [0.2, 0.25) is 0 Å². The number of rotatable bonds is 5. The van der Waals surface area contributed by atoms with Gasteiger partial charge in [-0.05, 0) is 31.2 Å². The zero-order valence-corrected chi connectivity index (χ0v) is 11.6. The van der Waals surface area contributed by atoms with Crippen molar-refractivity contribution in [2.75, 3.05) is 18.9 Å². The number of benzene rings is 2. The molecule has 0 unspecified atom stereocenters. The number of carbonyl (C=O) groups excluding carboxylic acids is 1. The molecule has 0 heterocycles. The van der Waals surface area contributed by atoms with E-state index in [9.17, 15) is 9.18 Å². The molecule has 5 heteroatoms. The molecule has 21 heavy (non-hydrogen) atoms.